The standard InChI is InChI=1S/C19H24N4O3/c1-12(2)10-15(24)23-19(26)14(11-13-6-4-3-5-7-13)16-17(18(20)25)22-9-8-21-16/h3-9,12,14-15,24H,10-11H2,1-2H3,(H2,20,25)(H,23,26)/t14-,15+/m0/s1. The molecule has 0 aliphatic carbocycles. The van der Waals surface area contributed by atoms with E-state index in [1.165, 1.54) is 12.4 Å². The minimum absolute atomic E-state index is 0.0399. The highest BCUT2D eigenvalue weighted by molar-refractivity contribution is 5.94. The van der Waals surface area contributed by atoms with Gasteiger partial charge in [0.05, 0.1) is 11.6 Å². The van der Waals surface area contributed by atoms with Crippen LogP contribution in [0.1, 0.15) is 47.9 Å². The first-order valence-electron chi connectivity index (χ1n) is 8.51. The molecule has 1 aromatic heterocycles. The maximum atomic E-state index is 12.8. The molecule has 1 heterocycles. The highest BCUT2D eigenvalue weighted by atomic mass is 16.3. The minimum atomic E-state index is -0.977. The van der Waals surface area contributed by atoms with Gasteiger partial charge in [-0.1, -0.05) is 44.2 Å². The SMILES string of the molecule is CC(C)C[C@@H](O)NC(=O)[C@@H](Cc1ccccc1)c1nccnc1C(N)=O. The molecule has 0 aliphatic rings. The number of carbonyl (C=O) groups is 2. The molecule has 0 fully saturated rings. The van der Waals surface area contributed by atoms with E-state index in [9.17, 15) is 14.7 Å². The van der Waals surface area contributed by atoms with Crippen molar-refractivity contribution in [2.75, 3.05) is 0 Å². The van der Waals surface area contributed by atoms with Crippen molar-refractivity contribution in [2.45, 2.75) is 38.8 Å². The Hall–Kier alpha value is -2.80. The second kappa shape index (κ2) is 9.05. The molecule has 0 radical (unpaired) electrons. The molecule has 2 aromatic rings. The lowest BCUT2D eigenvalue weighted by Gasteiger charge is -2.21. The molecule has 0 saturated heterocycles. The molecule has 0 bridgehead atoms. The number of hydrogen-bond acceptors (Lipinski definition) is 5. The Kier molecular flexibility index (Phi) is 6.80. The molecule has 138 valence electrons. The molecule has 0 aliphatic heterocycles. The summed E-state index contributed by atoms with van der Waals surface area (Å²) in [5.74, 6) is -1.75. The second-order valence-corrected chi connectivity index (χ2v) is 6.55. The number of nitrogens with two attached hydrogens (primary N) is 1. The maximum absolute atomic E-state index is 12.8. The van der Waals surface area contributed by atoms with Crippen LogP contribution < -0.4 is 11.1 Å². The number of benzene rings is 1. The Morgan fingerprint density at radius 1 is 1.15 bits per heavy atom. The smallest absolute Gasteiger partial charge is 0.269 e. The molecule has 2 rings (SSSR count). The number of rotatable bonds is 8. The van der Waals surface area contributed by atoms with Crippen LogP contribution in [0.15, 0.2) is 42.7 Å². The summed E-state index contributed by atoms with van der Waals surface area (Å²) in [6.45, 7) is 3.90. The van der Waals surface area contributed by atoms with Crippen molar-refractivity contribution in [3.63, 3.8) is 0 Å². The number of carbonyl (C=O) groups excluding carboxylic acids is 2. The molecule has 26 heavy (non-hydrogen) atoms. The van der Waals surface area contributed by atoms with Gasteiger partial charge >= 0.3 is 0 Å². The van der Waals surface area contributed by atoms with E-state index in [4.69, 9.17) is 5.73 Å². The minimum Gasteiger partial charge on any atom is -0.374 e. The lowest BCUT2D eigenvalue weighted by atomic mass is 9.93. The van der Waals surface area contributed by atoms with E-state index in [-0.39, 0.29) is 17.3 Å². The van der Waals surface area contributed by atoms with Crippen LogP contribution in [-0.2, 0) is 11.2 Å². The number of amides is 2. The first-order valence-corrected chi connectivity index (χ1v) is 8.51. The average Bonchev–Trinajstić information content (AvgIpc) is 2.59. The Balaban J connectivity index is 2.33. The van der Waals surface area contributed by atoms with Gasteiger partial charge in [0, 0.05) is 12.4 Å². The fraction of sp³-hybridized carbons (Fsp3) is 0.368. The van der Waals surface area contributed by atoms with Crippen LogP contribution >= 0.6 is 0 Å². The fourth-order valence-corrected chi connectivity index (χ4v) is 2.73. The molecule has 0 saturated carbocycles. The normalized spacial score (nSPS) is 13.2. The number of aliphatic hydroxyl groups excluding tert-OH is 1. The molecule has 2 amide bonds. The van der Waals surface area contributed by atoms with Crippen LogP contribution in [0.25, 0.3) is 0 Å². The average molecular weight is 356 g/mol. The topological polar surface area (TPSA) is 118 Å². The third kappa shape index (κ3) is 5.35. The first kappa shape index (κ1) is 19.5. The first-order chi connectivity index (χ1) is 12.4. The predicted molar refractivity (Wildman–Crippen MR) is 97.0 cm³/mol. The molecule has 4 N–H and O–H groups in total. The number of hydrogen-bond donors (Lipinski definition) is 3. The highest BCUT2D eigenvalue weighted by Gasteiger charge is 2.28. The Morgan fingerprint density at radius 3 is 2.42 bits per heavy atom. The van der Waals surface area contributed by atoms with E-state index in [0.29, 0.717) is 12.8 Å². The Labute approximate surface area is 152 Å². The summed E-state index contributed by atoms with van der Waals surface area (Å²) in [5, 5.41) is 12.7. The third-order valence-electron chi connectivity index (χ3n) is 3.89. The van der Waals surface area contributed by atoms with Crippen molar-refractivity contribution in [3.05, 3.63) is 59.7 Å². The van der Waals surface area contributed by atoms with Gasteiger partial charge in [-0.15, -0.1) is 0 Å². The molecular weight excluding hydrogens is 332 g/mol. The van der Waals surface area contributed by atoms with E-state index in [0.717, 1.165) is 5.56 Å². The number of aromatic nitrogens is 2. The van der Waals surface area contributed by atoms with Crippen molar-refractivity contribution in [1.82, 2.24) is 15.3 Å². The van der Waals surface area contributed by atoms with Gasteiger partial charge in [0.25, 0.3) is 5.91 Å². The summed E-state index contributed by atoms with van der Waals surface area (Å²) >= 11 is 0. The second-order valence-electron chi connectivity index (χ2n) is 6.55. The van der Waals surface area contributed by atoms with Crippen molar-refractivity contribution < 1.29 is 14.7 Å². The molecule has 0 unspecified atom stereocenters. The van der Waals surface area contributed by atoms with Gasteiger partial charge < -0.3 is 16.2 Å². The van der Waals surface area contributed by atoms with E-state index in [1.807, 2.05) is 44.2 Å². The van der Waals surface area contributed by atoms with E-state index in [1.54, 1.807) is 0 Å². The van der Waals surface area contributed by atoms with Crippen molar-refractivity contribution >= 4 is 11.8 Å². The largest absolute Gasteiger partial charge is 0.374 e. The van der Waals surface area contributed by atoms with E-state index < -0.39 is 24.0 Å². The number of aliphatic hydroxyl groups is 1. The maximum Gasteiger partial charge on any atom is 0.269 e. The summed E-state index contributed by atoms with van der Waals surface area (Å²) in [6, 6.07) is 9.37. The molecule has 0 spiro atoms. The number of nitrogens with one attached hydrogen (secondary N) is 1. The Bertz CT molecular complexity index is 749. The van der Waals surface area contributed by atoms with Gasteiger partial charge in [-0.3, -0.25) is 14.6 Å². The highest BCUT2D eigenvalue weighted by Crippen LogP contribution is 2.22. The van der Waals surface area contributed by atoms with Gasteiger partial charge in [-0.25, -0.2) is 4.98 Å². The van der Waals surface area contributed by atoms with E-state index >= 15 is 0 Å². The van der Waals surface area contributed by atoms with Gasteiger partial charge in [0.2, 0.25) is 5.91 Å². The summed E-state index contributed by atoms with van der Waals surface area (Å²) in [5.41, 5.74) is 6.45. The molecule has 2 atom stereocenters. The van der Waals surface area contributed by atoms with Crippen LogP contribution in [0.5, 0.6) is 0 Å². The quantitative estimate of drug-likeness (QED) is 0.618. The molecule has 1 aromatic carbocycles. The molecule has 7 nitrogen and oxygen atoms in total. The van der Waals surface area contributed by atoms with Crippen molar-refractivity contribution in [1.29, 1.82) is 0 Å². The van der Waals surface area contributed by atoms with Crippen LogP contribution in [0.3, 0.4) is 0 Å². The van der Waals surface area contributed by atoms with Gasteiger partial charge in [0.1, 0.15) is 11.9 Å². The van der Waals surface area contributed by atoms with Gasteiger partial charge in [0.15, 0.2) is 0 Å². The molecular formula is C19H24N4O3. The zero-order valence-electron chi connectivity index (χ0n) is 14.9. The van der Waals surface area contributed by atoms with Crippen LogP contribution in [0, 0.1) is 5.92 Å². The molecule has 7 heteroatoms. The Morgan fingerprint density at radius 2 is 1.81 bits per heavy atom. The zero-order chi connectivity index (χ0) is 19.1. The fourth-order valence-electron chi connectivity index (χ4n) is 2.73. The van der Waals surface area contributed by atoms with Crippen molar-refractivity contribution in [3.8, 4) is 0 Å². The third-order valence-corrected chi connectivity index (χ3v) is 3.89. The van der Waals surface area contributed by atoms with Crippen LogP contribution in [0.2, 0.25) is 0 Å². The van der Waals surface area contributed by atoms with Gasteiger partial charge in [-0.2, -0.15) is 0 Å². The van der Waals surface area contributed by atoms with Crippen molar-refractivity contribution in [2.24, 2.45) is 11.7 Å². The van der Waals surface area contributed by atoms with Gasteiger partial charge in [-0.05, 0) is 24.3 Å². The predicted octanol–water partition coefficient (Wildman–Crippen LogP) is 1.38. The summed E-state index contributed by atoms with van der Waals surface area (Å²) < 4.78 is 0. The van der Waals surface area contributed by atoms with E-state index in [2.05, 4.69) is 15.3 Å². The number of primary amides is 1. The zero-order valence-corrected chi connectivity index (χ0v) is 14.9. The monoisotopic (exact) mass is 356 g/mol. The number of nitrogens with zero attached hydrogens (tertiary/aromatic N) is 2. The summed E-state index contributed by atoms with van der Waals surface area (Å²) in [6.07, 6.45) is 2.52. The lowest BCUT2D eigenvalue weighted by Crippen LogP contribution is -2.40. The van der Waals surface area contributed by atoms with Crippen LogP contribution in [0.4, 0.5) is 0 Å². The lowest BCUT2D eigenvalue weighted by molar-refractivity contribution is -0.125. The van der Waals surface area contributed by atoms with Crippen LogP contribution in [-0.4, -0.2) is 33.1 Å². The summed E-state index contributed by atoms with van der Waals surface area (Å²) in [7, 11) is 0. The summed E-state index contributed by atoms with van der Waals surface area (Å²) in [4.78, 5) is 32.7.